The van der Waals surface area contributed by atoms with Crippen LogP contribution in [0.5, 0.6) is 0 Å². The predicted molar refractivity (Wildman–Crippen MR) is 84.3 cm³/mol. The van der Waals surface area contributed by atoms with E-state index in [1.165, 1.54) is 35.0 Å². The number of rotatable bonds is 4. The van der Waals surface area contributed by atoms with Gasteiger partial charge in [0.25, 0.3) is 11.4 Å². The number of benzene rings is 1. The molecule has 8 heteroatoms. The first kappa shape index (κ1) is 15.0. The summed E-state index contributed by atoms with van der Waals surface area (Å²) in [5.41, 5.74) is 0.697. The van der Waals surface area contributed by atoms with Crippen LogP contribution >= 0.6 is 11.6 Å². The molecule has 122 valence electrons. The van der Waals surface area contributed by atoms with Gasteiger partial charge in [0.15, 0.2) is 5.82 Å². The van der Waals surface area contributed by atoms with E-state index in [1.807, 2.05) is 0 Å². The van der Waals surface area contributed by atoms with Crippen molar-refractivity contribution in [1.29, 1.82) is 0 Å². The van der Waals surface area contributed by atoms with Crippen molar-refractivity contribution in [3.63, 3.8) is 0 Å². The molecule has 0 amide bonds. The van der Waals surface area contributed by atoms with Crippen molar-refractivity contribution in [2.45, 2.75) is 25.3 Å². The Balaban J connectivity index is 1.66. The van der Waals surface area contributed by atoms with Gasteiger partial charge < -0.3 is 4.52 Å². The van der Waals surface area contributed by atoms with Crippen LogP contribution in [0.2, 0.25) is 5.02 Å². The van der Waals surface area contributed by atoms with E-state index in [2.05, 4.69) is 15.2 Å². The summed E-state index contributed by atoms with van der Waals surface area (Å²) in [5, 5.41) is 8.43. The molecule has 0 unspecified atom stereocenters. The fourth-order valence-corrected chi connectivity index (χ4v) is 2.56. The molecule has 0 saturated heterocycles. The predicted octanol–water partition coefficient (Wildman–Crippen LogP) is 3.01. The molecule has 0 bridgehead atoms. The highest BCUT2D eigenvalue weighted by Gasteiger charge is 2.29. The van der Waals surface area contributed by atoms with Crippen LogP contribution in [-0.2, 0) is 6.54 Å². The van der Waals surface area contributed by atoms with Gasteiger partial charge in [0.05, 0.1) is 6.54 Å². The van der Waals surface area contributed by atoms with Crippen LogP contribution < -0.4 is 5.56 Å². The maximum atomic E-state index is 13.1. The molecule has 1 aliphatic rings. The van der Waals surface area contributed by atoms with Gasteiger partial charge in [-0.25, -0.2) is 9.07 Å². The van der Waals surface area contributed by atoms with Gasteiger partial charge in [0.2, 0.25) is 0 Å². The van der Waals surface area contributed by atoms with E-state index in [4.69, 9.17) is 16.1 Å². The lowest BCUT2D eigenvalue weighted by atomic mass is 10.2. The largest absolute Gasteiger partial charge is 0.332 e. The highest BCUT2D eigenvalue weighted by molar-refractivity contribution is 6.31. The van der Waals surface area contributed by atoms with E-state index in [9.17, 15) is 9.18 Å². The third-order valence-corrected chi connectivity index (χ3v) is 4.16. The molecular weight excluding hydrogens is 335 g/mol. The lowest BCUT2D eigenvalue weighted by Crippen LogP contribution is -2.23. The average Bonchev–Trinajstić information content (AvgIpc) is 3.29. The summed E-state index contributed by atoms with van der Waals surface area (Å²) in [5.74, 6) is 0.879. The van der Waals surface area contributed by atoms with Crippen molar-refractivity contribution in [2.24, 2.45) is 0 Å². The number of hydrogen-bond acceptors (Lipinski definition) is 5. The van der Waals surface area contributed by atoms with E-state index >= 15 is 0 Å². The number of halogens is 2. The van der Waals surface area contributed by atoms with Crippen molar-refractivity contribution in [1.82, 2.24) is 19.9 Å². The lowest BCUT2D eigenvalue weighted by molar-refractivity contribution is 0.420. The molecule has 0 spiro atoms. The fraction of sp³-hybridized carbons (Fsp3) is 0.250. The Morgan fingerprint density at radius 1 is 1.29 bits per heavy atom. The highest BCUT2D eigenvalue weighted by atomic mass is 35.5. The molecule has 0 N–H and O–H groups in total. The molecule has 1 saturated carbocycles. The van der Waals surface area contributed by atoms with E-state index < -0.39 is 5.82 Å². The van der Waals surface area contributed by atoms with E-state index in [1.54, 1.807) is 0 Å². The first-order chi connectivity index (χ1) is 11.6. The van der Waals surface area contributed by atoms with Crippen LogP contribution in [0.4, 0.5) is 4.39 Å². The van der Waals surface area contributed by atoms with Crippen molar-refractivity contribution < 1.29 is 8.91 Å². The molecule has 2 aromatic heterocycles. The number of hydrogen-bond donors (Lipinski definition) is 0. The molecule has 1 fully saturated rings. The van der Waals surface area contributed by atoms with Gasteiger partial charge in [-0.3, -0.25) is 4.79 Å². The van der Waals surface area contributed by atoms with Gasteiger partial charge in [0, 0.05) is 17.0 Å². The Morgan fingerprint density at radius 2 is 2.12 bits per heavy atom. The Kier molecular flexibility index (Phi) is 3.65. The lowest BCUT2D eigenvalue weighted by Gasteiger charge is -2.07. The third kappa shape index (κ3) is 2.94. The van der Waals surface area contributed by atoms with E-state index in [0.717, 1.165) is 12.8 Å². The summed E-state index contributed by atoms with van der Waals surface area (Å²) in [4.78, 5) is 16.3. The standard InChI is InChI=1S/C16H12ClFN4O2/c17-12-7-11(18)4-3-10(12)8-22-14(23)6-5-13(20-22)16-19-15(21-24-16)9-1-2-9/h3-7,9H,1-2,8H2. The minimum absolute atomic E-state index is 0.120. The zero-order valence-electron chi connectivity index (χ0n) is 12.4. The Hall–Kier alpha value is -2.54. The molecule has 1 aliphatic carbocycles. The zero-order chi connectivity index (χ0) is 16.7. The normalized spacial score (nSPS) is 14.1. The summed E-state index contributed by atoms with van der Waals surface area (Å²) >= 11 is 6.01. The smallest absolute Gasteiger partial charge is 0.278 e. The van der Waals surface area contributed by atoms with E-state index in [0.29, 0.717) is 23.0 Å². The molecule has 0 radical (unpaired) electrons. The van der Waals surface area contributed by atoms with Crippen LogP contribution in [0.1, 0.15) is 30.1 Å². The van der Waals surface area contributed by atoms with Crippen LogP contribution in [0, 0.1) is 5.82 Å². The quantitative estimate of drug-likeness (QED) is 0.726. The van der Waals surface area contributed by atoms with Crippen molar-refractivity contribution >= 4 is 11.6 Å². The van der Waals surface area contributed by atoms with Crippen LogP contribution in [0.25, 0.3) is 11.6 Å². The van der Waals surface area contributed by atoms with E-state index in [-0.39, 0.29) is 23.0 Å². The maximum Gasteiger partial charge on any atom is 0.278 e. The summed E-state index contributed by atoms with van der Waals surface area (Å²) in [6.07, 6.45) is 2.13. The van der Waals surface area contributed by atoms with Crippen LogP contribution in [-0.4, -0.2) is 19.9 Å². The SMILES string of the molecule is O=c1ccc(-c2nc(C3CC3)no2)nn1Cc1ccc(F)cc1Cl. The van der Waals surface area contributed by atoms with Gasteiger partial charge in [0.1, 0.15) is 11.5 Å². The molecular formula is C16H12ClFN4O2. The highest BCUT2D eigenvalue weighted by Crippen LogP contribution is 2.38. The Bertz CT molecular complexity index is 965. The van der Waals surface area contributed by atoms with Crippen LogP contribution in [0.15, 0.2) is 39.6 Å². The van der Waals surface area contributed by atoms with Crippen LogP contribution in [0.3, 0.4) is 0 Å². The second-order valence-corrected chi connectivity index (χ2v) is 6.09. The molecule has 3 aromatic rings. The Labute approximate surface area is 140 Å². The third-order valence-electron chi connectivity index (χ3n) is 3.81. The first-order valence-electron chi connectivity index (χ1n) is 7.46. The van der Waals surface area contributed by atoms with Crippen molar-refractivity contribution in [2.75, 3.05) is 0 Å². The van der Waals surface area contributed by atoms with Gasteiger partial charge in [-0.15, -0.1) is 0 Å². The van der Waals surface area contributed by atoms with Crippen molar-refractivity contribution in [3.05, 3.63) is 62.9 Å². The van der Waals surface area contributed by atoms with Gasteiger partial charge in [-0.05, 0) is 36.6 Å². The number of nitrogens with zero attached hydrogens (tertiary/aromatic N) is 4. The van der Waals surface area contributed by atoms with Gasteiger partial charge in [-0.1, -0.05) is 22.8 Å². The summed E-state index contributed by atoms with van der Waals surface area (Å²) < 4.78 is 19.6. The molecule has 0 atom stereocenters. The second kappa shape index (κ2) is 5.83. The molecule has 1 aromatic carbocycles. The molecule has 4 rings (SSSR count). The number of aromatic nitrogens is 4. The summed E-state index contributed by atoms with van der Waals surface area (Å²) in [6, 6.07) is 6.92. The maximum absolute atomic E-state index is 13.1. The molecule has 2 heterocycles. The van der Waals surface area contributed by atoms with Crippen molar-refractivity contribution in [3.8, 4) is 11.6 Å². The first-order valence-corrected chi connectivity index (χ1v) is 7.84. The second-order valence-electron chi connectivity index (χ2n) is 5.68. The molecule has 24 heavy (non-hydrogen) atoms. The topological polar surface area (TPSA) is 73.8 Å². The summed E-state index contributed by atoms with van der Waals surface area (Å²) in [6.45, 7) is 0.120. The minimum Gasteiger partial charge on any atom is -0.332 e. The Morgan fingerprint density at radius 3 is 2.88 bits per heavy atom. The molecule has 0 aliphatic heterocycles. The monoisotopic (exact) mass is 346 g/mol. The molecule has 6 nitrogen and oxygen atoms in total. The average molecular weight is 347 g/mol. The fourth-order valence-electron chi connectivity index (χ4n) is 2.33. The summed E-state index contributed by atoms with van der Waals surface area (Å²) in [7, 11) is 0. The zero-order valence-corrected chi connectivity index (χ0v) is 13.2. The van der Waals surface area contributed by atoms with Gasteiger partial charge >= 0.3 is 0 Å². The minimum atomic E-state index is -0.434. The van der Waals surface area contributed by atoms with Gasteiger partial charge in [-0.2, -0.15) is 10.1 Å².